The number of anilines is 1. The van der Waals surface area contributed by atoms with Gasteiger partial charge < -0.3 is 14.4 Å². The van der Waals surface area contributed by atoms with Gasteiger partial charge in [0.15, 0.2) is 0 Å². The molecule has 132 valence electrons. The van der Waals surface area contributed by atoms with Crippen molar-refractivity contribution in [2.45, 2.75) is 25.4 Å². The normalized spacial score (nSPS) is 18.3. The first-order chi connectivity index (χ1) is 12.1. The van der Waals surface area contributed by atoms with Crippen molar-refractivity contribution in [3.8, 4) is 11.5 Å². The zero-order chi connectivity index (χ0) is 17.8. The second-order valence-electron chi connectivity index (χ2n) is 6.04. The lowest BCUT2D eigenvalue weighted by Gasteiger charge is -2.21. The summed E-state index contributed by atoms with van der Waals surface area (Å²) in [5.41, 5.74) is 1.72. The topological polar surface area (TPSA) is 63.7 Å². The van der Waals surface area contributed by atoms with E-state index in [4.69, 9.17) is 9.47 Å². The highest BCUT2D eigenvalue weighted by Crippen LogP contribution is 2.31. The third-order valence-corrected chi connectivity index (χ3v) is 4.44. The first-order valence-electron chi connectivity index (χ1n) is 8.34. The zero-order valence-corrected chi connectivity index (χ0v) is 14.7. The number of hydrogen-bond acceptors (Lipinski definition) is 5. The Balaban J connectivity index is 1.74. The van der Waals surface area contributed by atoms with Gasteiger partial charge in [-0.3, -0.25) is 15.1 Å². The average Bonchev–Trinajstić information content (AvgIpc) is 3.02. The van der Waals surface area contributed by atoms with Gasteiger partial charge in [0, 0.05) is 37.0 Å². The molecule has 1 aliphatic heterocycles. The predicted molar refractivity (Wildman–Crippen MR) is 96.1 cm³/mol. The molecule has 1 amide bonds. The third-order valence-electron chi connectivity index (χ3n) is 4.44. The van der Waals surface area contributed by atoms with Crippen LogP contribution in [0, 0.1) is 0 Å². The molecule has 0 saturated carbocycles. The number of amides is 1. The fraction of sp³-hybridized carbons (Fsp3) is 0.368. The van der Waals surface area contributed by atoms with Gasteiger partial charge in [-0.1, -0.05) is 6.07 Å². The van der Waals surface area contributed by atoms with Crippen LogP contribution in [0.15, 0.2) is 42.6 Å². The summed E-state index contributed by atoms with van der Waals surface area (Å²) in [5, 5.41) is 3.39. The molecule has 2 aromatic rings. The number of methoxy groups -OCH3 is 2. The number of nitrogens with zero attached hydrogens (tertiary/aromatic N) is 2. The van der Waals surface area contributed by atoms with Crippen LogP contribution in [0.2, 0.25) is 0 Å². The molecule has 6 heteroatoms. The molecule has 3 rings (SSSR count). The maximum Gasteiger partial charge on any atom is 0.244 e. The summed E-state index contributed by atoms with van der Waals surface area (Å²) in [6, 6.07) is 11.1. The van der Waals surface area contributed by atoms with E-state index in [0.29, 0.717) is 18.0 Å². The van der Waals surface area contributed by atoms with Crippen LogP contribution < -0.4 is 19.7 Å². The molecular formula is C19H23N3O3. The lowest BCUT2D eigenvalue weighted by molar-refractivity contribution is -0.119. The van der Waals surface area contributed by atoms with Crippen LogP contribution in [-0.2, 0) is 4.79 Å². The van der Waals surface area contributed by atoms with Crippen LogP contribution in [0.25, 0.3) is 0 Å². The Labute approximate surface area is 147 Å². The lowest BCUT2D eigenvalue weighted by atomic mass is 10.1. The Hall–Kier alpha value is -2.60. The maximum atomic E-state index is 12.8. The van der Waals surface area contributed by atoms with Crippen LogP contribution in [0.5, 0.6) is 11.5 Å². The van der Waals surface area contributed by atoms with Crippen LogP contribution in [-0.4, -0.2) is 37.7 Å². The Morgan fingerprint density at radius 3 is 2.52 bits per heavy atom. The molecule has 0 radical (unpaired) electrons. The summed E-state index contributed by atoms with van der Waals surface area (Å²) >= 11 is 0. The number of rotatable bonds is 6. The minimum absolute atomic E-state index is 0.00921. The Morgan fingerprint density at radius 1 is 1.20 bits per heavy atom. The highest BCUT2D eigenvalue weighted by Gasteiger charge is 2.34. The zero-order valence-electron chi connectivity index (χ0n) is 14.7. The standard InChI is InChI=1S/C19H23N3O3/c1-13(17-6-4-5-8-20-17)21-18-7-9-22(19(18)23)14-10-15(24-2)12-16(11-14)25-3/h4-6,8,10-13,18,21H,7,9H2,1-3H3/t13-,18+/m1/s1. The number of aromatic nitrogens is 1. The van der Waals surface area contributed by atoms with E-state index < -0.39 is 0 Å². The van der Waals surface area contributed by atoms with Crippen molar-refractivity contribution in [2.24, 2.45) is 0 Å². The van der Waals surface area contributed by atoms with Crippen molar-refractivity contribution in [3.05, 3.63) is 48.3 Å². The van der Waals surface area contributed by atoms with Gasteiger partial charge >= 0.3 is 0 Å². The quantitative estimate of drug-likeness (QED) is 0.875. The van der Waals surface area contributed by atoms with Crippen molar-refractivity contribution in [1.29, 1.82) is 0 Å². The molecule has 1 aromatic carbocycles. The van der Waals surface area contributed by atoms with E-state index in [-0.39, 0.29) is 18.0 Å². The molecule has 1 aromatic heterocycles. The minimum Gasteiger partial charge on any atom is -0.497 e. The monoisotopic (exact) mass is 341 g/mol. The predicted octanol–water partition coefficient (Wildman–Crippen LogP) is 2.55. The van der Waals surface area contributed by atoms with E-state index in [2.05, 4.69) is 10.3 Å². The molecule has 1 aliphatic rings. The molecule has 0 bridgehead atoms. The maximum absolute atomic E-state index is 12.8. The molecule has 0 spiro atoms. The van der Waals surface area contributed by atoms with Gasteiger partial charge in [0.05, 0.1) is 31.6 Å². The van der Waals surface area contributed by atoms with Crippen molar-refractivity contribution >= 4 is 11.6 Å². The van der Waals surface area contributed by atoms with Gasteiger partial charge in [-0.25, -0.2) is 0 Å². The van der Waals surface area contributed by atoms with Crippen molar-refractivity contribution in [3.63, 3.8) is 0 Å². The third kappa shape index (κ3) is 3.74. The molecular weight excluding hydrogens is 318 g/mol. The number of carbonyl (C=O) groups excluding carboxylic acids is 1. The Bertz CT molecular complexity index is 714. The number of pyridine rings is 1. The SMILES string of the molecule is COc1cc(OC)cc(N2CC[C@H](N[C@H](C)c3ccccn3)C2=O)c1. The molecule has 6 nitrogen and oxygen atoms in total. The second kappa shape index (κ2) is 7.53. The molecule has 0 aliphatic carbocycles. The second-order valence-corrected chi connectivity index (χ2v) is 6.04. The van der Waals surface area contributed by atoms with E-state index in [1.165, 1.54) is 0 Å². The van der Waals surface area contributed by atoms with Gasteiger partial charge in [0.2, 0.25) is 5.91 Å². The molecule has 0 unspecified atom stereocenters. The number of benzene rings is 1. The largest absolute Gasteiger partial charge is 0.497 e. The molecule has 1 saturated heterocycles. The Morgan fingerprint density at radius 2 is 1.92 bits per heavy atom. The fourth-order valence-corrected chi connectivity index (χ4v) is 3.06. The molecule has 25 heavy (non-hydrogen) atoms. The average molecular weight is 341 g/mol. The smallest absolute Gasteiger partial charge is 0.244 e. The summed E-state index contributed by atoms with van der Waals surface area (Å²) < 4.78 is 10.6. The number of nitrogens with one attached hydrogen (secondary N) is 1. The molecule has 1 N–H and O–H groups in total. The van der Waals surface area contributed by atoms with Crippen molar-refractivity contribution in [2.75, 3.05) is 25.7 Å². The highest BCUT2D eigenvalue weighted by molar-refractivity contribution is 5.99. The van der Waals surface area contributed by atoms with E-state index in [0.717, 1.165) is 17.8 Å². The Kier molecular flexibility index (Phi) is 5.19. The van der Waals surface area contributed by atoms with Gasteiger partial charge in [-0.05, 0) is 25.5 Å². The van der Waals surface area contributed by atoms with Crippen LogP contribution >= 0.6 is 0 Å². The van der Waals surface area contributed by atoms with Crippen molar-refractivity contribution < 1.29 is 14.3 Å². The summed E-state index contributed by atoms with van der Waals surface area (Å²) in [6.45, 7) is 2.68. The molecule has 2 atom stereocenters. The highest BCUT2D eigenvalue weighted by atomic mass is 16.5. The van der Waals surface area contributed by atoms with Gasteiger partial charge in [-0.2, -0.15) is 0 Å². The van der Waals surface area contributed by atoms with E-state index in [1.807, 2.05) is 37.3 Å². The fourth-order valence-electron chi connectivity index (χ4n) is 3.06. The number of hydrogen-bond donors (Lipinski definition) is 1. The van der Waals surface area contributed by atoms with Crippen molar-refractivity contribution in [1.82, 2.24) is 10.3 Å². The first kappa shape index (κ1) is 17.2. The van der Waals surface area contributed by atoms with Crippen LogP contribution in [0.4, 0.5) is 5.69 Å². The first-order valence-corrected chi connectivity index (χ1v) is 8.34. The van der Waals surface area contributed by atoms with Crippen LogP contribution in [0.1, 0.15) is 25.1 Å². The summed E-state index contributed by atoms with van der Waals surface area (Å²) in [5.74, 6) is 1.39. The van der Waals surface area contributed by atoms with Gasteiger partial charge in [0.1, 0.15) is 11.5 Å². The minimum atomic E-state index is -0.228. The molecule has 2 heterocycles. The molecule has 1 fully saturated rings. The van der Waals surface area contributed by atoms with E-state index >= 15 is 0 Å². The van der Waals surface area contributed by atoms with E-state index in [1.54, 1.807) is 31.4 Å². The summed E-state index contributed by atoms with van der Waals surface area (Å²) in [6.07, 6.45) is 2.51. The number of carbonyl (C=O) groups is 1. The lowest BCUT2D eigenvalue weighted by Crippen LogP contribution is -2.39. The summed E-state index contributed by atoms with van der Waals surface area (Å²) in [4.78, 5) is 19.0. The summed E-state index contributed by atoms with van der Waals surface area (Å²) in [7, 11) is 3.20. The number of ether oxygens (including phenoxy) is 2. The van der Waals surface area contributed by atoms with Crippen LogP contribution in [0.3, 0.4) is 0 Å². The van der Waals surface area contributed by atoms with Gasteiger partial charge in [-0.15, -0.1) is 0 Å². The van der Waals surface area contributed by atoms with Gasteiger partial charge in [0.25, 0.3) is 0 Å². The van der Waals surface area contributed by atoms with E-state index in [9.17, 15) is 4.79 Å².